The molecule has 0 radical (unpaired) electrons. The van der Waals surface area contributed by atoms with E-state index in [0.29, 0.717) is 0 Å². The number of amides is 1. The lowest BCUT2D eigenvalue weighted by atomic mass is 9.61. The molecule has 2 N–H and O–H groups in total. The van der Waals surface area contributed by atoms with E-state index in [-0.39, 0.29) is 16.9 Å². The Morgan fingerprint density at radius 2 is 1.62 bits per heavy atom. The lowest BCUT2D eigenvalue weighted by Gasteiger charge is -2.51. The van der Waals surface area contributed by atoms with Gasteiger partial charge in [0.15, 0.2) is 0 Å². The van der Waals surface area contributed by atoms with Crippen molar-refractivity contribution in [1.82, 2.24) is 15.1 Å². The van der Waals surface area contributed by atoms with Gasteiger partial charge in [0.25, 0.3) is 0 Å². The van der Waals surface area contributed by atoms with Gasteiger partial charge in [-0.25, -0.2) is 4.79 Å². The Bertz CT molecular complexity index is 642. The number of rotatable bonds is 6. The van der Waals surface area contributed by atoms with Gasteiger partial charge in [0.2, 0.25) is 0 Å². The Labute approximate surface area is 176 Å². The third kappa shape index (κ3) is 5.95. The van der Waals surface area contributed by atoms with E-state index in [9.17, 15) is 9.90 Å². The van der Waals surface area contributed by atoms with Crippen LogP contribution in [0.25, 0.3) is 0 Å². The number of carbonyl (C=O) groups is 1. The van der Waals surface area contributed by atoms with Gasteiger partial charge in [-0.15, -0.1) is 0 Å². The van der Waals surface area contributed by atoms with Crippen LogP contribution >= 0.6 is 0 Å². The second kappa shape index (κ2) is 9.48. The van der Waals surface area contributed by atoms with Crippen LogP contribution in [0.5, 0.6) is 0 Å². The number of nitrogens with one attached hydrogen (secondary N) is 1. The molecule has 1 unspecified atom stereocenters. The van der Waals surface area contributed by atoms with E-state index in [2.05, 4.69) is 66.2 Å². The van der Waals surface area contributed by atoms with Gasteiger partial charge in [-0.3, -0.25) is 4.90 Å². The van der Waals surface area contributed by atoms with Crippen LogP contribution in [0.2, 0.25) is 0 Å². The molecule has 0 aromatic heterocycles. The zero-order chi connectivity index (χ0) is 20.9. The van der Waals surface area contributed by atoms with Crippen molar-refractivity contribution in [2.24, 2.45) is 10.8 Å². The maximum Gasteiger partial charge on any atom is 0.404 e. The summed E-state index contributed by atoms with van der Waals surface area (Å²) >= 11 is 0. The van der Waals surface area contributed by atoms with E-state index in [4.69, 9.17) is 0 Å². The van der Waals surface area contributed by atoms with E-state index in [1.54, 1.807) is 0 Å². The molecule has 1 aromatic rings. The number of nitrogens with zero attached hydrogens (tertiary/aromatic N) is 2. The molecule has 1 atom stereocenters. The van der Waals surface area contributed by atoms with Crippen LogP contribution < -0.4 is 5.32 Å². The van der Waals surface area contributed by atoms with Gasteiger partial charge in [-0.1, -0.05) is 70.4 Å². The Hall–Kier alpha value is -1.59. The first kappa shape index (κ1) is 22.1. The van der Waals surface area contributed by atoms with Gasteiger partial charge >= 0.3 is 6.09 Å². The lowest BCUT2D eigenvalue weighted by molar-refractivity contribution is 0.00284. The molecule has 1 aromatic carbocycles. The minimum Gasteiger partial charge on any atom is -0.465 e. The number of hydrogen-bond donors (Lipinski definition) is 2. The van der Waals surface area contributed by atoms with Crippen molar-refractivity contribution in [3.63, 3.8) is 0 Å². The molecule has 1 amide bonds. The minimum atomic E-state index is -0.887. The van der Waals surface area contributed by atoms with Gasteiger partial charge in [-0.2, -0.15) is 0 Å². The molecule has 0 spiro atoms. The molecule has 1 saturated heterocycles. The van der Waals surface area contributed by atoms with Crippen LogP contribution in [-0.2, 0) is 6.54 Å². The van der Waals surface area contributed by atoms with Crippen LogP contribution in [-0.4, -0.2) is 59.8 Å². The van der Waals surface area contributed by atoms with Crippen LogP contribution in [0.4, 0.5) is 4.79 Å². The Morgan fingerprint density at radius 3 is 2.17 bits per heavy atom. The Balaban J connectivity index is 1.65. The van der Waals surface area contributed by atoms with E-state index < -0.39 is 6.09 Å². The zero-order valence-electron chi connectivity index (χ0n) is 18.5. The van der Waals surface area contributed by atoms with Gasteiger partial charge < -0.3 is 15.3 Å². The quantitative estimate of drug-likeness (QED) is 0.740. The first-order valence-corrected chi connectivity index (χ1v) is 11.3. The van der Waals surface area contributed by atoms with Gasteiger partial charge in [0.1, 0.15) is 0 Å². The lowest BCUT2D eigenvalue weighted by Crippen LogP contribution is -2.60. The topological polar surface area (TPSA) is 55.8 Å². The standard InChI is InChI=1S/C24H39N3O2/c1-23(2,3)21(25-22(28)29)24(12-8-5-9-13-24)19-27-16-14-26(15-17-27)18-20-10-6-4-7-11-20/h4,6-7,10-11,21,25H,5,8-9,12-19H2,1-3H3,(H,28,29). The summed E-state index contributed by atoms with van der Waals surface area (Å²) in [6, 6.07) is 10.7. The van der Waals surface area contributed by atoms with E-state index in [0.717, 1.165) is 52.1 Å². The molecule has 2 fully saturated rings. The predicted molar refractivity (Wildman–Crippen MR) is 118 cm³/mol. The molecule has 29 heavy (non-hydrogen) atoms. The second-order valence-electron chi connectivity index (χ2n) is 10.2. The molecular formula is C24H39N3O2. The third-order valence-corrected chi connectivity index (χ3v) is 6.85. The number of piperazine rings is 1. The molecule has 5 heteroatoms. The summed E-state index contributed by atoms with van der Waals surface area (Å²) < 4.78 is 0. The highest BCUT2D eigenvalue weighted by molar-refractivity contribution is 5.65. The van der Waals surface area contributed by atoms with E-state index >= 15 is 0 Å². The highest BCUT2D eigenvalue weighted by Crippen LogP contribution is 2.45. The summed E-state index contributed by atoms with van der Waals surface area (Å²) in [4.78, 5) is 16.7. The molecule has 162 valence electrons. The molecule has 1 saturated carbocycles. The fourth-order valence-corrected chi connectivity index (χ4v) is 5.60. The van der Waals surface area contributed by atoms with Crippen LogP contribution in [0, 0.1) is 10.8 Å². The maximum absolute atomic E-state index is 11.6. The molecular weight excluding hydrogens is 362 g/mol. The fraction of sp³-hybridized carbons (Fsp3) is 0.708. The first-order chi connectivity index (χ1) is 13.8. The molecule has 2 aliphatic rings. The molecule has 1 aliphatic carbocycles. The van der Waals surface area contributed by atoms with Crippen molar-refractivity contribution in [2.75, 3.05) is 32.7 Å². The van der Waals surface area contributed by atoms with Crippen LogP contribution in [0.1, 0.15) is 58.4 Å². The van der Waals surface area contributed by atoms with Crippen molar-refractivity contribution in [2.45, 2.75) is 65.5 Å². The predicted octanol–water partition coefficient (Wildman–Crippen LogP) is 4.44. The minimum absolute atomic E-state index is 0.0184. The van der Waals surface area contributed by atoms with Gasteiger partial charge in [0, 0.05) is 50.7 Å². The maximum atomic E-state index is 11.6. The van der Waals surface area contributed by atoms with Crippen LogP contribution in [0.15, 0.2) is 30.3 Å². The van der Waals surface area contributed by atoms with Gasteiger partial charge in [-0.05, 0) is 23.8 Å². The highest BCUT2D eigenvalue weighted by atomic mass is 16.4. The van der Waals surface area contributed by atoms with Crippen molar-refractivity contribution < 1.29 is 9.90 Å². The fourth-order valence-electron chi connectivity index (χ4n) is 5.60. The smallest absolute Gasteiger partial charge is 0.404 e. The molecule has 1 aliphatic heterocycles. The highest BCUT2D eigenvalue weighted by Gasteiger charge is 2.47. The molecule has 3 rings (SSSR count). The van der Waals surface area contributed by atoms with E-state index in [1.165, 1.54) is 24.8 Å². The Kier molecular flexibility index (Phi) is 7.23. The largest absolute Gasteiger partial charge is 0.465 e. The zero-order valence-corrected chi connectivity index (χ0v) is 18.5. The third-order valence-electron chi connectivity index (χ3n) is 6.85. The van der Waals surface area contributed by atoms with E-state index in [1.807, 2.05) is 0 Å². The van der Waals surface area contributed by atoms with Crippen LogP contribution in [0.3, 0.4) is 0 Å². The van der Waals surface area contributed by atoms with Crippen molar-refractivity contribution in [3.8, 4) is 0 Å². The Morgan fingerprint density at radius 1 is 1.03 bits per heavy atom. The summed E-state index contributed by atoms with van der Waals surface area (Å²) in [5.41, 5.74) is 1.32. The molecule has 1 heterocycles. The number of hydrogen-bond acceptors (Lipinski definition) is 3. The molecule has 0 bridgehead atoms. The average molecular weight is 402 g/mol. The number of carboxylic acid groups (broad SMARTS) is 1. The molecule has 5 nitrogen and oxygen atoms in total. The second-order valence-corrected chi connectivity index (χ2v) is 10.2. The van der Waals surface area contributed by atoms with Gasteiger partial charge in [0.05, 0.1) is 0 Å². The average Bonchev–Trinajstić information content (AvgIpc) is 2.68. The summed E-state index contributed by atoms with van der Waals surface area (Å²) in [6.07, 6.45) is 5.06. The van der Waals surface area contributed by atoms with Crippen molar-refractivity contribution in [3.05, 3.63) is 35.9 Å². The SMILES string of the molecule is CC(C)(C)C(NC(=O)O)C1(CN2CCN(Cc3ccccc3)CC2)CCCCC1. The summed E-state index contributed by atoms with van der Waals surface area (Å²) in [6.45, 7) is 12.9. The first-order valence-electron chi connectivity index (χ1n) is 11.3. The summed E-state index contributed by atoms with van der Waals surface area (Å²) in [5.74, 6) is 0. The summed E-state index contributed by atoms with van der Waals surface area (Å²) in [7, 11) is 0. The van der Waals surface area contributed by atoms with Crippen molar-refractivity contribution >= 4 is 6.09 Å². The normalized spacial score (nSPS) is 22.2. The number of benzene rings is 1. The monoisotopic (exact) mass is 401 g/mol. The summed E-state index contributed by atoms with van der Waals surface area (Å²) in [5, 5.41) is 12.5. The van der Waals surface area contributed by atoms with Crippen molar-refractivity contribution in [1.29, 1.82) is 0 Å².